The second kappa shape index (κ2) is 9.64. The number of fused-ring (bicyclic) bond motifs is 1. The van der Waals surface area contributed by atoms with Gasteiger partial charge in [0.25, 0.3) is 5.91 Å². The van der Waals surface area contributed by atoms with Crippen LogP contribution in [0.1, 0.15) is 40.9 Å². The highest BCUT2D eigenvalue weighted by atomic mass is 35.5. The lowest BCUT2D eigenvalue weighted by Gasteiger charge is -2.36. The van der Waals surface area contributed by atoms with Gasteiger partial charge in [-0.1, -0.05) is 60.1 Å². The first-order valence-electron chi connectivity index (χ1n) is 11.3. The molecule has 168 valence electrons. The highest BCUT2D eigenvalue weighted by Crippen LogP contribution is 2.37. The number of nitrogens with two attached hydrogens (primary N) is 1. The minimum Gasteiger partial charge on any atom is -0.331 e. The highest BCUT2D eigenvalue weighted by Gasteiger charge is 2.31. The van der Waals surface area contributed by atoms with E-state index >= 15 is 0 Å². The second-order valence-corrected chi connectivity index (χ2v) is 10.1. The predicted octanol–water partition coefficient (Wildman–Crippen LogP) is 6.53. The van der Waals surface area contributed by atoms with E-state index in [2.05, 4.69) is 29.2 Å². The van der Waals surface area contributed by atoms with Crippen molar-refractivity contribution in [3.63, 3.8) is 0 Å². The third kappa shape index (κ3) is 4.67. The van der Waals surface area contributed by atoms with Gasteiger partial charge in [0.1, 0.15) is 4.88 Å². The summed E-state index contributed by atoms with van der Waals surface area (Å²) in [6.07, 6.45) is 7.35. The molecule has 5 rings (SSSR count). The number of halogens is 1. The Bertz CT molecular complexity index is 1250. The molecule has 1 amide bonds. The van der Waals surface area contributed by atoms with Gasteiger partial charge in [0.05, 0.1) is 5.02 Å². The number of carbonyl (C=O) groups excluding carboxylic acids is 1. The van der Waals surface area contributed by atoms with Crippen molar-refractivity contribution in [3.05, 3.63) is 88.5 Å². The summed E-state index contributed by atoms with van der Waals surface area (Å²) in [5.74, 6) is 0.0120. The molecule has 0 bridgehead atoms. The Kier molecular flexibility index (Phi) is 6.45. The fourth-order valence-corrected chi connectivity index (χ4v) is 6.06. The standard InChI is InChI=1S/C27H26ClN3OS/c28-25-23-5-1-2-6-24(23)33-26(25)27(32)31(22-13-11-21(29)12-14-22)17-18-7-9-19(10-8-18)20-4-3-15-30-16-20/h1-10,15-16,21-22H,11-14,17,29H2. The predicted molar refractivity (Wildman–Crippen MR) is 137 cm³/mol. The van der Waals surface area contributed by atoms with Gasteiger partial charge >= 0.3 is 0 Å². The van der Waals surface area contributed by atoms with Gasteiger partial charge in [0, 0.05) is 41.1 Å². The van der Waals surface area contributed by atoms with Gasteiger partial charge in [-0.15, -0.1) is 11.3 Å². The summed E-state index contributed by atoms with van der Waals surface area (Å²) in [6, 6.07) is 20.7. The van der Waals surface area contributed by atoms with Crippen LogP contribution in [0.4, 0.5) is 0 Å². The van der Waals surface area contributed by atoms with Crippen molar-refractivity contribution >= 4 is 38.9 Å². The lowest BCUT2D eigenvalue weighted by Crippen LogP contribution is -2.43. The minimum absolute atomic E-state index is 0.0120. The average molecular weight is 476 g/mol. The summed E-state index contributed by atoms with van der Waals surface area (Å²) >= 11 is 8.17. The molecule has 4 nitrogen and oxygen atoms in total. The summed E-state index contributed by atoms with van der Waals surface area (Å²) in [5.41, 5.74) is 9.45. The fraction of sp³-hybridized carbons (Fsp3) is 0.259. The molecule has 0 aliphatic heterocycles. The van der Waals surface area contributed by atoms with E-state index < -0.39 is 0 Å². The number of nitrogens with zero attached hydrogens (tertiary/aromatic N) is 2. The number of hydrogen-bond acceptors (Lipinski definition) is 4. The Balaban J connectivity index is 1.44. The molecule has 2 N–H and O–H groups in total. The number of rotatable bonds is 5. The van der Waals surface area contributed by atoms with Gasteiger partial charge < -0.3 is 10.6 Å². The maximum atomic E-state index is 13.8. The molecule has 1 aliphatic carbocycles. The van der Waals surface area contributed by atoms with Crippen molar-refractivity contribution in [1.29, 1.82) is 0 Å². The largest absolute Gasteiger partial charge is 0.331 e. The third-order valence-electron chi connectivity index (χ3n) is 6.47. The molecule has 0 saturated heterocycles. The van der Waals surface area contributed by atoms with Crippen LogP contribution in [-0.4, -0.2) is 27.9 Å². The van der Waals surface area contributed by atoms with Crippen molar-refractivity contribution in [3.8, 4) is 11.1 Å². The van der Waals surface area contributed by atoms with Gasteiger partial charge in [-0.25, -0.2) is 0 Å². The zero-order chi connectivity index (χ0) is 22.8. The van der Waals surface area contributed by atoms with Crippen LogP contribution >= 0.6 is 22.9 Å². The zero-order valence-electron chi connectivity index (χ0n) is 18.3. The number of pyridine rings is 1. The van der Waals surface area contributed by atoms with Gasteiger partial charge in [0.15, 0.2) is 0 Å². The molecule has 6 heteroatoms. The van der Waals surface area contributed by atoms with Crippen molar-refractivity contribution in [1.82, 2.24) is 9.88 Å². The minimum atomic E-state index is 0.0120. The summed E-state index contributed by atoms with van der Waals surface area (Å²) in [5, 5.41) is 1.50. The van der Waals surface area contributed by atoms with Crippen LogP contribution in [0.15, 0.2) is 73.1 Å². The number of aromatic nitrogens is 1. The first kappa shape index (κ1) is 22.1. The number of thiophene rings is 1. The highest BCUT2D eigenvalue weighted by molar-refractivity contribution is 7.21. The Morgan fingerprint density at radius 3 is 2.45 bits per heavy atom. The maximum absolute atomic E-state index is 13.8. The van der Waals surface area contributed by atoms with Crippen molar-refractivity contribution in [2.24, 2.45) is 5.73 Å². The van der Waals surface area contributed by atoms with Gasteiger partial charge in [-0.3, -0.25) is 9.78 Å². The maximum Gasteiger partial charge on any atom is 0.266 e. The molecule has 0 atom stereocenters. The Morgan fingerprint density at radius 1 is 1.00 bits per heavy atom. The van der Waals surface area contributed by atoms with Gasteiger partial charge in [-0.2, -0.15) is 0 Å². The molecule has 0 radical (unpaired) electrons. The number of benzene rings is 2. The molecule has 0 unspecified atom stereocenters. The van der Waals surface area contributed by atoms with E-state index in [1.807, 2.05) is 47.5 Å². The molecule has 4 aromatic rings. The van der Waals surface area contributed by atoms with Crippen LogP contribution in [0, 0.1) is 0 Å². The van der Waals surface area contributed by atoms with Crippen LogP contribution in [0.3, 0.4) is 0 Å². The Hall–Kier alpha value is -2.73. The van der Waals surface area contributed by atoms with Crippen LogP contribution < -0.4 is 5.73 Å². The van der Waals surface area contributed by atoms with E-state index in [4.69, 9.17) is 17.3 Å². The van der Waals surface area contributed by atoms with Crippen LogP contribution in [0.2, 0.25) is 5.02 Å². The quantitative estimate of drug-likeness (QED) is 0.357. The SMILES string of the molecule is NC1CCC(N(Cc2ccc(-c3cccnc3)cc2)C(=O)c2sc3ccccc3c2Cl)CC1. The molecular weight excluding hydrogens is 450 g/mol. The lowest BCUT2D eigenvalue weighted by atomic mass is 9.90. The normalized spacial score (nSPS) is 18.4. The summed E-state index contributed by atoms with van der Waals surface area (Å²) in [7, 11) is 0. The van der Waals surface area contributed by atoms with Crippen LogP contribution in [0.25, 0.3) is 21.2 Å². The van der Waals surface area contributed by atoms with E-state index in [0.717, 1.165) is 52.5 Å². The molecule has 2 aromatic heterocycles. The monoisotopic (exact) mass is 475 g/mol. The second-order valence-electron chi connectivity index (χ2n) is 8.68. The molecule has 2 aromatic carbocycles. The summed E-state index contributed by atoms with van der Waals surface area (Å²) in [6.45, 7) is 0.552. The summed E-state index contributed by atoms with van der Waals surface area (Å²) < 4.78 is 1.04. The molecule has 1 saturated carbocycles. The van der Waals surface area contributed by atoms with E-state index in [0.29, 0.717) is 16.4 Å². The smallest absolute Gasteiger partial charge is 0.266 e. The fourth-order valence-electron chi connectivity index (χ4n) is 4.59. The first-order valence-corrected chi connectivity index (χ1v) is 12.5. The van der Waals surface area contributed by atoms with Crippen molar-refractivity contribution in [2.45, 2.75) is 44.3 Å². The first-order chi connectivity index (χ1) is 16.1. The number of hydrogen-bond donors (Lipinski definition) is 1. The molecule has 33 heavy (non-hydrogen) atoms. The topological polar surface area (TPSA) is 59.2 Å². The van der Waals surface area contributed by atoms with Crippen LogP contribution in [0.5, 0.6) is 0 Å². The molecule has 0 spiro atoms. The number of amides is 1. The number of carbonyl (C=O) groups is 1. The Labute approximate surface area is 203 Å². The van der Waals surface area contributed by atoms with Gasteiger partial charge in [-0.05, 0) is 54.5 Å². The van der Waals surface area contributed by atoms with E-state index in [1.54, 1.807) is 6.20 Å². The van der Waals surface area contributed by atoms with E-state index in [1.165, 1.54) is 11.3 Å². The molecule has 2 heterocycles. The Morgan fingerprint density at radius 2 is 1.76 bits per heavy atom. The van der Waals surface area contributed by atoms with E-state index in [9.17, 15) is 4.79 Å². The molecular formula is C27H26ClN3OS. The third-order valence-corrected chi connectivity index (χ3v) is 8.14. The van der Waals surface area contributed by atoms with Crippen molar-refractivity contribution < 1.29 is 4.79 Å². The summed E-state index contributed by atoms with van der Waals surface area (Å²) in [4.78, 5) is 20.7. The molecule has 1 aliphatic rings. The van der Waals surface area contributed by atoms with Gasteiger partial charge in [0.2, 0.25) is 0 Å². The molecule has 1 fully saturated rings. The van der Waals surface area contributed by atoms with Crippen molar-refractivity contribution in [2.75, 3.05) is 0 Å². The zero-order valence-corrected chi connectivity index (χ0v) is 19.9. The van der Waals surface area contributed by atoms with E-state index in [-0.39, 0.29) is 18.0 Å². The van der Waals surface area contributed by atoms with Crippen LogP contribution in [-0.2, 0) is 6.54 Å². The average Bonchev–Trinajstić information content (AvgIpc) is 3.20. The lowest BCUT2D eigenvalue weighted by molar-refractivity contribution is 0.0611.